The normalized spacial score (nSPS) is 52.8. The van der Waals surface area contributed by atoms with Crippen molar-refractivity contribution in [3.63, 3.8) is 0 Å². The van der Waals surface area contributed by atoms with Crippen LogP contribution in [0.2, 0.25) is 0 Å². The first kappa shape index (κ1) is 35.9. The second-order valence-corrected chi connectivity index (χ2v) is 15.9. The summed E-state index contributed by atoms with van der Waals surface area (Å²) in [6, 6.07) is 0. The number of aliphatic hydroxyl groups excluding tert-OH is 7. The molecule has 0 unspecified atom stereocenters. The van der Waals surface area contributed by atoms with Crippen LogP contribution in [-0.4, -0.2) is 140 Å². The number of fused-ring (bicyclic) bond motifs is 5. The van der Waals surface area contributed by atoms with Crippen LogP contribution in [-0.2, 0) is 28.5 Å². The molecule has 7 rings (SSSR count). The van der Waals surface area contributed by atoms with Crippen molar-refractivity contribution in [3.05, 3.63) is 23.3 Å². The number of esters is 1. The van der Waals surface area contributed by atoms with Gasteiger partial charge in [0.2, 0.25) is 0 Å². The number of hydrogen-bond donors (Lipinski definition) is 8. The fourth-order valence-corrected chi connectivity index (χ4v) is 10.7. The Balaban J connectivity index is 1.07. The van der Waals surface area contributed by atoms with Gasteiger partial charge >= 0.3 is 5.97 Å². The first-order valence-electron chi connectivity index (χ1n) is 17.8. The second kappa shape index (κ2) is 13.2. The number of ether oxygens (including phenoxy) is 5. The molecule has 0 bridgehead atoms. The molecule has 276 valence electrons. The van der Waals surface area contributed by atoms with E-state index in [-0.39, 0.29) is 40.7 Å². The average molecular weight is 697 g/mol. The molecule has 7 aliphatic rings. The highest BCUT2D eigenvalue weighted by Crippen LogP contribution is 2.69. The van der Waals surface area contributed by atoms with Gasteiger partial charge in [-0.15, -0.1) is 0 Å². The molecular weight excluding hydrogens is 644 g/mol. The van der Waals surface area contributed by atoms with Crippen LogP contribution in [0, 0.1) is 28.6 Å². The van der Waals surface area contributed by atoms with Crippen LogP contribution < -0.4 is 0 Å². The topological polar surface area (TPSA) is 225 Å². The van der Waals surface area contributed by atoms with Crippen molar-refractivity contribution in [2.75, 3.05) is 19.8 Å². The summed E-state index contributed by atoms with van der Waals surface area (Å²) in [5, 5.41) is 84.7. The van der Waals surface area contributed by atoms with E-state index in [1.807, 2.05) is 0 Å². The van der Waals surface area contributed by atoms with E-state index < -0.39 is 80.2 Å². The Bertz CT molecular complexity index is 1320. The van der Waals surface area contributed by atoms with Gasteiger partial charge in [-0.2, -0.15) is 0 Å². The zero-order valence-corrected chi connectivity index (χ0v) is 28.0. The number of carbonyl (C=O) groups is 1. The van der Waals surface area contributed by atoms with E-state index in [0.29, 0.717) is 25.9 Å². The Morgan fingerprint density at radius 2 is 1.51 bits per heavy atom. The molecule has 0 spiro atoms. The van der Waals surface area contributed by atoms with Crippen LogP contribution in [0.4, 0.5) is 0 Å². The lowest BCUT2D eigenvalue weighted by Gasteiger charge is -2.61. The summed E-state index contributed by atoms with van der Waals surface area (Å²) < 4.78 is 28.9. The van der Waals surface area contributed by atoms with Crippen molar-refractivity contribution >= 4 is 5.97 Å². The molecule has 0 aromatic rings. The molecule has 3 aliphatic heterocycles. The predicted octanol–water partition coefficient (Wildman–Crippen LogP) is -0.827. The minimum atomic E-state index is -1.75. The van der Waals surface area contributed by atoms with Gasteiger partial charge in [-0.1, -0.05) is 25.5 Å². The van der Waals surface area contributed by atoms with E-state index in [2.05, 4.69) is 19.9 Å². The molecule has 0 radical (unpaired) electrons. The molecule has 3 heterocycles. The third-order valence-electron chi connectivity index (χ3n) is 13.7. The van der Waals surface area contributed by atoms with Gasteiger partial charge in [-0.3, -0.25) is 0 Å². The molecule has 0 amide bonds. The van der Waals surface area contributed by atoms with Gasteiger partial charge in [0, 0.05) is 11.5 Å². The number of aliphatic hydroxyl groups is 8. The Labute approximate surface area is 285 Å². The van der Waals surface area contributed by atoms with Crippen LogP contribution in [0.5, 0.6) is 0 Å². The van der Waals surface area contributed by atoms with E-state index in [4.69, 9.17) is 23.7 Å². The molecule has 14 nitrogen and oxygen atoms in total. The molecule has 4 aliphatic carbocycles. The molecule has 0 aromatic heterocycles. The number of hydrogen-bond acceptors (Lipinski definition) is 14. The molecule has 5 fully saturated rings. The fourth-order valence-electron chi connectivity index (χ4n) is 10.7. The molecular formula is C35H52O14. The van der Waals surface area contributed by atoms with Crippen molar-refractivity contribution < 1.29 is 69.3 Å². The number of rotatable bonds is 7. The van der Waals surface area contributed by atoms with Crippen LogP contribution in [0.25, 0.3) is 0 Å². The van der Waals surface area contributed by atoms with Gasteiger partial charge in [0.05, 0.1) is 24.9 Å². The van der Waals surface area contributed by atoms with Crippen LogP contribution in [0.1, 0.15) is 65.2 Å². The van der Waals surface area contributed by atoms with Gasteiger partial charge < -0.3 is 64.5 Å². The van der Waals surface area contributed by atoms with E-state index >= 15 is 0 Å². The number of allylic oxidation sites excluding steroid dienone is 1. The highest BCUT2D eigenvalue weighted by atomic mass is 16.8. The second-order valence-electron chi connectivity index (χ2n) is 15.9. The van der Waals surface area contributed by atoms with E-state index in [1.54, 1.807) is 6.08 Å². The summed E-state index contributed by atoms with van der Waals surface area (Å²) in [4.78, 5) is 11.9. The Kier molecular flexibility index (Phi) is 9.62. The summed E-state index contributed by atoms with van der Waals surface area (Å²) in [6.45, 7) is 3.49. The third kappa shape index (κ3) is 5.66. The summed E-state index contributed by atoms with van der Waals surface area (Å²) in [6.07, 6.45) is -5.59. The lowest BCUT2D eigenvalue weighted by molar-refractivity contribution is -0.372. The minimum Gasteiger partial charge on any atom is -0.458 e. The smallest absolute Gasteiger partial charge is 0.331 e. The predicted molar refractivity (Wildman–Crippen MR) is 167 cm³/mol. The highest BCUT2D eigenvalue weighted by molar-refractivity contribution is 5.85. The maximum absolute atomic E-state index is 12.5. The minimum absolute atomic E-state index is 0.0704. The maximum Gasteiger partial charge on any atom is 0.331 e. The molecule has 0 aromatic carbocycles. The lowest BCUT2D eigenvalue weighted by Crippen LogP contribution is -2.65. The van der Waals surface area contributed by atoms with E-state index in [0.717, 1.165) is 37.7 Å². The van der Waals surface area contributed by atoms with Crippen LogP contribution >= 0.6 is 0 Å². The molecule has 49 heavy (non-hydrogen) atoms. The first-order chi connectivity index (χ1) is 23.3. The summed E-state index contributed by atoms with van der Waals surface area (Å²) in [7, 11) is 0. The third-order valence-corrected chi connectivity index (χ3v) is 13.7. The van der Waals surface area contributed by atoms with Crippen molar-refractivity contribution in [2.45, 2.75) is 138 Å². The Morgan fingerprint density at radius 3 is 2.18 bits per heavy atom. The molecule has 3 saturated carbocycles. The zero-order chi connectivity index (χ0) is 35.0. The quantitative estimate of drug-likeness (QED) is 0.120. The van der Waals surface area contributed by atoms with Gasteiger partial charge in [-0.05, 0) is 80.1 Å². The number of carbonyl (C=O) groups excluding carboxylic acids is 1. The van der Waals surface area contributed by atoms with E-state index in [9.17, 15) is 45.6 Å². The average Bonchev–Trinajstić information content (AvgIpc) is 3.63. The van der Waals surface area contributed by atoms with Crippen molar-refractivity contribution in [2.24, 2.45) is 28.6 Å². The van der Waals surface area contributed by atoms with Gasteiger partial charge in [0.25, 0.3) is 0 Å². The van der Waals surface area contributed by atoms with Crippen molar-refractivity contribution in [1.29, 1.82) is 0 Å². The largest absolute Gasteiger partial charge is 0.458 e. The zero-order valence-electron chi connectivity index (χ0n) is 28.0. The lowest BCUT2D eigenvalue weighted by atomic mass is 9.45. The van der Waals surface area contributed by atoms with Crippen molar-refractivity contribution in [1.82, 2.24) is 0 Å². The summed E-state index contributed by atoms with van der Waals surface area (Å²) in [5.74, 6) is 0.130. The Morgan fingerprint density at radius 1 is 0.816 bits per heavy atom. The van der Waals surface area contributed by atoms with Crippen LogP contribution in [0.15, 0.2) is 23.3 Å². The highest BCUT2D eigenvalue weighted by Gasteiger charge is 2.67. The van der Waals surface area contributed by atoms with Crippen molar-refractivity contribution in [3.8, 4) is 0 Å². The van der Waals surface area contributed by atoms with Gasteiger partial charge in [-0.25, -0.2) is 4.79 Å². The van der Waals surface area contributed by atoms with Crippen LogP contribution in [0.3, 0.4) is 0 Å². The fraction of sp³-hybridized carbons (Fsp3) is 0.857. The monoisotopic (exact) mass is 696 g/mol. The molecule has 14 heteroatoms. The maximum atomic E-state index is 12.5. The summed E-state index contributed by atoms with van der Waals surface area (Å²) in [5.41, 5.74) is 0.835. The summed E-state index contributed by atoms with van der Waals surface area (Å²) >= 11 is 0. The Hall–Kier alpha value is -1.53. The first-order valence-corrected chi connectivity index (χ1v) is 17.8. The molecule has 8 N–H and O–H groups in total. The van der Waals surface area contributed by atoms with Gasteiger partial charge in [0.1, 0.15) is 55.4 Å². The number of cyclic esters (lactones) is 1. The molecule has 2 saturated heterocycles. The van der Waals surface area contributed by atoms with E-state index in [1.165, 1.54) is 5.57 Å². The SMILES string of the molecule is C[C@]12CC[C@H](O[C@@H]3O[C@H](CO)[C@@H](O)[C@H](O)[C@H]3O[C@@H]3O[C@H](CO)[C@@H](O)[C@H](O)[C@H]3O)CC1=CC[C@@H]1[C@@H]2CC[C@]2(C)[C@H](C3=CC(=O)OC3)CC[C@]12O. The van der Waals surface area contributed by atoms with Gasteiger partial charge in [0.15, 0.2) is 12.6 Å². The molecule has 17 atom stereocenters. The standard InChI is InChI=1S/C35H52O14/c1-33-8-5-18(46-32-30(28(42)26(40)23(14-37)48-32)49-31-29(43)27(41)25(39)22(13-36)47-31)12-17(33)3-4-21-20(33)6-9-34(2)19(7-10-35(21,34)44)16-11-24(38)45-15-16/h3,11,18-23,25-32,36-37,39-44H,4-10,12-15H2,1-2H3/t18-,19-,20-,21+,22+,23+,25+,26+,27-,28-,29+,30+,31-,32+,33-,34+,35-/m0/s1.